The predicted molar refractivity (Wildman–Crippen MR) is 133 cm³/mol. The zero-order valence-corrected chi connectivity index (χ0v) is 20.7. The quantitative estimate of drug-likeness (QED) is 0.229. The summed E-state index contributed by atoms with van der Waals surface area (Å²) in [5.41, 5.74) is 1.10. The molecular formula is C22H38IN5O. The highest BCUT2D eigenvalue weighted by Crippen LogP contribution is 2.17. The third-order valence-electron chi connectivity index (χ3n) is 5.25. The predicted octanol–water partition coefficient (Wildman–Crippen LogP) is 2.81. The maximum absolute atomic E-state index is 5.74. The standard InChI is InChI=1S/C22H37N5O.HI/c1-6-15-28-21-10-8-7-9-19(21)16-24-22(23-4)25-17-20(18(2)3)27-13-11-26(5)12-14-27;/h6-10,18,20H,1,11-17H2,2-5H3,(H2,23,24,25);1H. The number of piperazine rings is 1. The Morgan fingerprint density at radius 2 is 1.90 bits per heavy atom. The van der Waals surface area contributed by atoms with Gasteiger partial charge in [0, 0.05) is 57.9 Å². The Hall–Kier alpha value is -1.32. The first-order valence-electron chi connectivity index (χ1n) is 10.2. The van der Waals surface area contributed by atoms with Gasteiger partial charge < -0.3 is 20.3 Å². The Balaban J connectivity index is 0.00000420. The average Bonchev–Trinajstić information content (AvgIpc) is 2.70. The number of nitrogens with zero attached hydrogens (tertiary/aromatic N) is 3. The molecule has 0 aromatic heterocycles. The van der Waals surface area contributed by atoms with Gasteiger partial charge in [0.05, 0.1) is 0 Å². The van der Waals surface area contributed by atoms with Crippen molar-refractivity contribution in [1.82, 2.24) is 20.4 Å². The van der Waals surface area contributed by atoms with Crippen LogP contribution in [0.4, 0.5) is 0 Å². The lowest BCUT2D eigenvalue weighted by Gasteiger charge is -2.40. The number of hydrogen-bond donors (Lipinski definition) is 2. The van der Waals surface area contributed by atoms with Crippen molar-refractivity contribution < 1.29 is 4.74 Å². The second-order valence-electron chi connectivity index (χ2n) is 7.66. The minimum Gasteiger partial charge on any atom is -0.489 e. The first-order valence-corrected chi connectivity index (χ1v) is 10.2. The van der Waals surface area contributed by atoms with Crippen LogP contribution < -0.4 is 15.4 Å². The summed E-state index contributed by atoms with van der Waals surface area (Å²) in [5.74, 6) is 2.28. The van der Waals surface area contributed by atoms with E-state index < -0.39 is 0 Å². The van der Waals surface area contributed by atoms with Gasteiger partial charge in [-0.25, -0.2) is 0 Å². The molecule has 1 unspecified atom stereocenters. The monoisotopic (exact) mass is 515 g/mol. The molecular weight excluding hydrogens is 477 g/mol. The van der Waals surface area contributed by atoms with Gasteiger partial charge in [-0.2, -0.15) is 0 Å². The number of nitrogens with one attached hydrogen (secondary N) is 2. The topological polar surface area (TPSA) is 52.1 Å². The molecule has 2 N–H and O–H groups in total. The molecule has 0 saturated carbocycles. The van der Waals surface area contributed by atoms with E-state index in [1.54, 1.807) is 6.08 Å². The zero-order valence-electron chi connectivity index (χ0n) is 18.4. The van der Waals surface area contributed by atoms with Gasteiger partial charge in [-0.3, -0.25) is 9.89 Å². The summed E-state index contributed by atoms with van der Waals surface area (Å²) in [4.78, 5) is 9.39. The Bertz CT molecular complexity index is 629. The fourth-order valence-electron chi connectivity index (χ4n) is 3.48. The summed E-state index contributed by atoms with van der Waals surface area (Å²) in [6, 6.07) is 8.56. The van der Waals surface area contributed by atoms with E-state index in [9.17, 15) is 0 Å². The van der Waals surface area contributed by atoms with Crippen molar-refractivity contribution in [2.24, 2.45) is 10.9 Å². The molecule has 7 heteroatoms. The first-order chi connectivity index (χ1) is 13.5. The maximum Gasteiger partial charge on any atom is 0.191 e. The fourth-order valence-corrected chi connectivity index (χ4v) is 3.48. The van der Waals surface area contributed by atoms with Crippen molar-refractivity contribution in [2.75, 3.05) is 53.4 Å². The normalized spacial score (nSPS) is 16.8. The summed E-state index contributed by atoms with van der Waals surface area (Å²) in [5, 5.41) is 6.93. The van der Waals surface area contributed by atoms with Crippen molar-refractivity contribution in [1.29, 1.82) is 0 Å². The van der Waals surface area contributed by atoms with E-state index in [0.717, 1.165) is 50.0 Å². The van der Waals surface area contributed by atoms with Gasteiger partial charge in [-0.15, -0.1) is 24.0 Å². The molecule has 0 aliphatic carbocycles. The van der Waals surface area contributed by atoms with Crippen LogP contribution in [0.3, 0.4) is 0 Å². The van der Waals surface area contributed by atoms with Crippen LogP contribution >= 0.6 is 24.0 Å². The number of rotatable bonds is 9. The number of halogens is 1. The molecule has 1 saturated heterocycles. The van der Waals surface area contributed by atoms with Crippen LogP contribution in [0.5, 0.6) is 5.75 Å². The van der Waals surface area contributed by atoms with Crippen LogP contribution in [0, 0.1) is 5.92 Å². The molecule has 2 rings (SSSR count). The van der Waals surface area contributed by atoms with E-state index in [1.165, 1.54) is 0 Å². The molecule has 29 heavy (non-hydrogen) atoms. The molecule has 0 radical (unpaired) electrons. The van der Waals surface area contributed by atoms with Gasteiger partial charge in [0.2, 0.25) is 0 Å². The Kier molecular flexibility index (Phi) is 12.3. The van der Waals surface area contributed by atoms with E-state index in [2.05, 4.69) is 59.0 Å². The van der Waals surface area contributed by atoms with Crippen molar-refractivity contribution in [3.05, 3.63) is 42.5 Å². The van der Waals surface area contributed by atoms with Crippen molar-refractivity contribution >= 4 is 29.9 Å². The van der Waals surface area contributed by atoms with Crippen LogP contribution in [0.25, 0.3) is 0 Å². The van der Waals surface area contributed by atoms with Crippen LogP contribution in [-0.2, 0) is 6.54 Å². The minimum absolute atomic E-state index is 0. The second-order valence-corrected chi connectivity index (χ2v) is 7.66. The lowest BCUT2D eigenvalue weighted by Crippen LogP contribution is -2.55. The largest absolute Gasteiger partial charge is 0.489 e. The molecule has 6 nitrogen and oxygen atoms in total. The van der Waals surface area contributed by atoms with E-state index in [-0.39, 0.29) is 24.0 Å². The van der Waals surface area contributed by atoms with E-state index in [4.69, 9.17) is 4.74 Å². The van der Waals surface area contributed by atoms with Gasteiger partial charge in [-0.1, -0.05) is 44.7 Å². The van der Waals surface area contributed by atoms with Gasteiger partial charge in [0.1, 0.15) is 12.4 Å². The van der Waals surface area contributed by atoms with Crippen molar-refractivity contribution in [2.45, 2.75) is 26.4 Å². The van der Waals surface area contributed by atoms with Crippen LogP contribution in [0.2, 0.25) is 0 Å². The maximum atomic E-state index is 5.74. The number of benzene rings is 1. The smallest absolute Gasteiger partial charge is 0.191 e. The van der Waals surface area contributed by atoms with Crippen LogP contribution in [0.15, 0.2) is 41.9 Å². The van der Waals surface area contributed by atoms with Crippen LogP contribution in [0.1, 0.15) is 19.4 Å². The molecule has 1 aliphatic heterocycles. The molecule has 1 heterocycles. The number of para-hydroxylation sites is 1. The Morgan fingerprint density at radius 3 is 2.52 bits per heavy atom. The van der Waals surface area contributed by atoms with Gasteiger partial charge in [0.15, 0.2) is 5.96 Å². The molecule has 1 fully saturated rings. The van der Waals surface area contributed by atoms with E-state index in [1.807, 2.05) is 25.2 Å². The molecule has 1 aliphatic rings. The van der Waals surface area contributed by atoms with E-state index in [0.29, 0.717) is 25.1 Å². The molecule has 0 spiro atoms. The Morgan fingerprint density at radius 1 is 1.21 bits per heavy atom. The van der Waals surface area contributed by atoms with Crippen molar-refractivity contribution in [3.8, 4) is 5.75 Å². The average molecular weight is 515 g/mol. The third kappa shape index (κ3) is 8.52. The Labute approximate surface area is 193 Å². The summed E-state index contributed by atoms with van der Waals surface area (Å²) in [6.07, 6.45) is 1.76. The summed E-state index contributed by atoms with van der Waals surface area (Å²) in [7, 11) is 4.01. The number of ether oxygens (including phenoxy) is 1. The summed E-state index contributed by atoms with van der Waals surface area (Å²) >= 11 is 0. The van der Waals surface area contributed by atoms with Crippen molar-refractivity contribution in [3.63, 3.8) is 0 Å². The molecule has 0 amide bonds. The molecule has 1 aromatic carbocycles. The zero-order chi connectivity index (χ0) is 20.4. The van der Waals surface area contributed by atoms with Crippen LogP contribution in [-0.4, -0.2) is 75.2 Å². The molecule has 1 atom stereocenters. The number of guanidine groups is 1. The highest BCUT2D eigenvalue weighted by atomic mass is 127. The molecule has 0 bridgehead atoms. The molecule has 1 aromatic rings. The first kappa shape index (κ1) is 25.7. The highest BCUT2D eigenvalue weighted by molar-refractivity contribution is 14.0. The number of hydrogen-bond acceptors (Lipinski definition) is 4. The second kappa shape index (κ2) is 13.8. The number of likely N-dealkylation sites (N-methyl/N-ethyl adjacent to an activating group) is 1. The number of aliphatic imine (C=N–C) groups is 1. The lowest BCUT2D eigenvalue weighted by atomic mass is 10.0. The highest BCUT2D eigenvalue weighted by Gasteiger charge is 2.25. The van der Waals surface area contributed by atoms with Gasteiger partial charge >= 0.3 is 0 Å². The summed E-state index contributed by atoms with van der Waals surface area (Å²) < 4.78 is 5.74. The van der Waals surface area contributed by atoms with E-state index >= 15 is 0 Å². The summed E-state index contributed by atoms with van der Waals surface area (Å²) in [6.45, 7) is 14.9. The fraction of sp³-hybridized carbons (Fsp3) is 0.591. The third-order valence-corrected chi connectivity index (χ3v) is 5.25. The lowest BCUT2D eigenvalue weighted by molar-refractivity contribution is 0.0900. The van der Waals surface area contributed by atoms with Gasteiger partial charge in [0.25, 0.3) is 0 Å². The molecule has 164 valence electrons. The SMILES string of the molecule is C=CCOc1ccccc1CNC(=NC)NCC(C(C)C)N1CCN(C)CC1.I. The minimum atomic E-state index is 0. The van der Waals surface area contributed by atoms with Gasteiger partial charge in [-0.05, 0) is 19.0 Å².